The summed E-state index contributed by atoms with van der Waals surface area (Å²) in [6.07, 6.45) is 5.88. The number of sulfonamides is 1. The van der Waals surface area contributed by atoms with E-state index in [1.54, 1.807) is 0 Å². The number of carbonyl (C=O) groups excluding carboxylic acids is 1. The maximum atomic E-state index is 12.6. The van der Waals surface area contributed by atoms with E-state index in [1.807, 2.05) is 30.3 Å². The molecule has 0 spiro atoms. The Hall–Kier alpha value is -2.62. The van der Waals surface area contributed by atoms with Crippen LogP contribution in [0.5, 0.6) is 0 Å². The lowest BCUT2D eigenvalue weighted by molar-refractivity contribution is 0.0932. The highest BCUT2D eigenvalue weighted by atomic mass is 32.2. The van der Waals surface area contributed by atoms with Crippen molar-refractivity contribution in [3.63, 3.8) is 0 Å². The molecule has 2 rings (SSSR count). The zero-order valence-electron chi connectivity index (χ0n) is 15.5. The van der Waals surface area contributed by atoms with Gasteiger partial charge in [-0.1, -0.05) is 50.1 Å². The molecule has 0 heterocycles. The Morgan fingerprint density at radius 3 is 2.26 bits per heavy atom. The number of hydrogen-bond donors (Lipinski definition) is 2. The molecule has 0 aliphatic carbocycles. The summed E-state index contributed by atoms with van der Waals surface area (Å²) in [7, 11) is -3.67. The molecule has 0 aliphatic heterocycles. The predicted molar refractivity (Wildman–Crippen MR) is 107 cm³/mol. The van der Waals surface area contributed by atoms with E-state index in [9.17, 15) is 13.2 Å². The zero-order chi connectivity index (χ0) is 19.9. The Morgan fingerprint density at radius 1 is 1.07 bits per heavy atom. The van der Waals surface area contributed by atoms with Crippen molar-refractivity contribution in [1.82, 2.24) is 10.0 Å². The summed E-state index contributed by atoms with van der Waals surface area (Å²) >= 11 is 0. The van der Waals surface area contributed by atoms with Crippen LogP contribution in [0, 0.1) is 18.3 Å². The molecular weight excluding hydrogens is 360 g/mol. The maximum Gasteiger partial charge on any atom is 0.251 e. The Balaban J connectivity index is 2.15. The van der Waals surface area contributed by atoms with Gasteiger partial charge in [0.25, 0.3) is 5.91 Å². The fourth-order valence-corrected chi connectivity index (χ4v) is 3.62. The standard InChI is InChI=1S/C21H24N2O3S/c1-4-14-22-27(25,26)19-12-10-18(11-13-19)21(24)23-20(15-16(2)3)17-8-6-5-7-9-17/h1,5-13,16,20,22H,14-15H2,2-3H3,(H,23,24). The summed E-state index contributed by atoms with van der Waals surface area (Å²) in [5.41, 5.74) is 1.44. The number of carbonyl (C=O) groups is 1. The van der Waals surface area contributed by atoms with Crippen LogP contribution in [-0.4, -0.2) is 20.9 Å². The van der Waals surface area contributed by atoms with Crippen molar-refractivity contribution < 1.29 is 13.2 Å². The van der Waals surface area contributed by atoms with Crippen LogP contribution in [0.4, 0.5) is 0 Å². The molecule has 1 atom stereocenters. The van der Waals surface area contributed by atoms with Crippen LogP contribution in [0.1, 0.15) is 42.2 Å². The zero-order valence-corrected chi connectivity index (χ0v) is 16.3. The van der Waals surface area contributed by atoms with E-state index in [0.717, 1.165) is 12.0 Å². The molecule has 142 valence electrons. The molecule has 0 aromatic heterocycles. The minimum absolute atomic E-state index is 0.0658. The third-order valence-electron chi connectivity index (χ3n) is 4.01. The van der Waals surface area contributed by atoms with Crippen LogP contribution in [0.2, 0.25) is 0 Å². The molecule has 1 unspecified atom stereocenters. The molecule has 27 heavy (non-hydrogen) atoms. The SMILES string of the molecule is C#CCNS(=O)(=O)c1ccc(C(=O)NC(CC(C)C)c2ccccc2)cc1. The molecule has 0 aliphatic rings. The van der Waals surface area contributed by atoms with Crippen molar-refractivity contribution >= 4 is 15.9 Å². The summed E-state index contributed by atoms with van der Waals surface area (Å²) in [5.74, 6) is 2.38. The fraction of sp³-hybridized carbons (Fsp3) is 0.286. The normalized spacial score (nSPS) is 12.4. The fourth-order valence-electron chi connectivity index (χ4n) is 2.68. The number of rotatable bonds is 8. The summed E-state index contributed by atoms with van der Waals surface area (Å²) in [6, 6.07) is 15.5. The molecule has 0 saturated carbocycles. The van der Waals surface area contributed by atoms with Gasteiger partial charge >= 0.3 is 0 Å². The number of amides is 1. The van der Waals surface area contributed by atoms with Crippen LogP contribution in [-0.2, 0) is 10.0 Å². The van der Waals surface area contributed by atoms with Gasteiger partial charge in [0.2, 0.25) is 10.0 Å². The highest BCUT2D eigenvalue weighted by molar-refractivity contribution is 7.89. The van der Waals surface area contributed by atoms with E-state index in [-0.39, 0.29) is 23.4 Å². The van der Waals surface area contributed by atoms with Crippen molar-refractivity contribution in [3.8, 4) is 12.3 Å². The first-order valence-electron chi connectivity index (χ1n) is 8.72. The first kappa shape index (κ1) is 20.7. The van der Waals surface area contributed by atoms with Gasteiger partial charge in [0.1, 0.15) is 0 Å². The average molecular weight is 385 g/mol. The largest absolute Gasteiger partial charge is 0.345 e. The summed E-state index contributed by atoms with van der Waals surface area (Å²) in [4.78, 5) is 12.7. The summed E-state index contributed by atoms with van der Waals surface area (Å²) in [6.45, 7) is 4.12. The maximum absolute atomic E-state index is 12.6. The second kappa shape index (κ2) is 9.36. The summed E-state index contributed by atoms with van der Waals surface area (Å²) in [5, 5.41) is 3.04. The Labute approximate surface area is 161 Å². The van der Waals surface area contributed by atoms with Gasteiger partial charge in [-0.05, 0) is 42.2 Å². The molecule has 2 aromatic carbocycles. The average Bonchev–Trinajstić information content (AvgIpc) is 2.66. The minimum atomic E-state index is -3.67. The minimum Gasteiger partial charge on any atom is -0.345 e. The van der Waals surface area contributed by atoms with Crippen LogP contribution in [0.3, 0.4) is 0 Å². The molecular formula is C21H24N2O3S. The Morgan fingerprint density at radius 2 is 1.70 bits per heavy atom. The van der Waals surface area contributed by atoms with Gasteiger partial charge in [0.05, 0.1) is 17.5 Å². The second-order valence-electron chi connectivity index (χ2n) is 6.62. The third kappa shape index (κ3) is 5.95. The van der Waals surface area contributed by atoms with E-state index in [1.165, 1.54) is 24.3 Å². The van der Waals surface area contributed by atoms with Gasteiger partial charge < -0.3 is 5.32 Å². The van der Waals surface area contributed by atoms with Crippen molar-refractivity contribution in [2.24, 2.45) is 5.92 Å². The molecule has 0 fully saturated rings. The van der Waals surface area contributed by atoms with Crippen molar-refractivity contribution in [1.29, 1.82) is 0 Å². The lowest BCUT2D eigenvalue weighted by Crippen LogP contribution is -2.29. The van der Waals surface area contributed by atoms with Gasteiger partial charge in [-0.25, -0.2) is 8.42 Å². The highest BCUT2D eigenvalue weighted by Gasteiger charge is 2.18. The van der Waals surface area contributed by atoms with Crippen LogP contribution >= 0.6 is 0 Å². The van der Waals surface area contributed by atoms with Crippen molar-refractivity contribution in [3.05, 3.63) is 65.7 Å². The molecule has 0 radical (unpaired) electrons. The monoisotopic (exact) mass is 384 g/mol. The van der Waals surface area contributed by atoms with E-state index < -0.39 is 10.0 Å². The predicted octanol–water partition coefficient (Wildman–Crippen LogP) is 3.12. The Kier molecular flexibility index (Phi) is 7.17. The first-order valence-corrected chi connectivity index (χ1v) is 10.2. The Bertz CT molecular complexity index is 899. The van der Waals surface area contributed by atoms with E-state index in [2.05, 4.69) is 29.8 Å². The lowest BCUT2D eigenvalue weighted by atomic mass is 9.96. The quantitative estimate of drug-likeness (QED) is 0.687. The molecule has 0 saturated heterocycles. The lowest BCUT2D eigenvalue weighted by Gasteiger charge is -2.21. The summed E-state index contributed by atoms with van der Waals surface area (Å²) < 4.78 is 26.4. The van der Waals surface area contributed by atoms with Gasteiger partial charge in [0, 0.05) is 5.56 Å². The van der Waals surface area contributed by atoms with Gasteiger partial charge in [-0.3, -0.25) is 4.79 Å². The van der Waals surface area contributed by atoms with Crippen LogP contribution < -0.4 is 10.0 Å². The van der Waals surface area contributed by atoms with E-state index >= 15 is 0 Å². The first-order chi connectivity index (χ1) is 12.8. The van der Waals surface area contributed by atoms with Crippen molar-refractivity contribution in [2.75, 3.05) is 6.54 Å². The number of hydrogen-bond acceptors (Lipinski definition) is 3. The third-order valence-corrected chi connectivity index (χ3v) is 5.42. The molecule has 5 nitrogen and oxygen atoms in total. The number of benzene rings is 2. The van der Waals surface area contributed by atoms with Crippen molar-refractivity contribution in [2.45, 2.75) is 31.2 Å². The number of terminal acetylenes is 1. The van der Waals surface area contributed by atoms with Crippen LogP contribution in [0.15, 0.2) is 59.5 Å². The highest BCUT2D eigenvalue weighted by Crippen LogP contribution is 2.22. The van der Waals surface area contributed by atoms with Gasteiger partial charge in [-0.15, -0.1) is 6.42 Å². The molecule has 0 bridgehead atoms. The van der Waals surface area contributed by atoms with Crippen LogP contribution in [0.25, 0.3) is 0 Å². The van der Waals surface area contributed by atoms with E-state index in [4.69, 9.17) is 6.42 Å². The number of nitrogens with one attached hydrogen (secondary N) is 2. The van der Waals surface area contributed by atoms with Gasteiger partial charge in [0.15, 0.2) is 0 Å². The molecule has 6 heteroatoms. The smallest absolute Gasteiger partial charge is 0.251 e. The van der Waals surface area contributed by atoms with E-state index in [0.29, 0.717) is 11.5 Å². The molecule has 2 aromatic rings. The molecule has 1 amide bonds. The molecule has 2 N–H and O–H groups in total. The van der Waals surface area contributed by atoms with Gasteiger partial charge in [-0.2, -0.15) is 4.72 Å². The topological polar surface area (TPSA) is 75.3 Å². The second-order valence-corrected chi connectivity index (χ2v) is 8.39.